The number of amides is 1. The number of ether oxygens (including phenoxy) is 1. The van der Waals surface area contributed by atoms with E-state index in [0.29, 0.717) is 12.8 Å². The fourth-order valence-electron chi connectivity index (χ4n) is 2.45. The van der Waals surface area contributed by atoms with E-state index in [9.17, 15) is 9.59 Å². The van der Waals surface area contributed by atoms with Gasteiger partial charge in [0.15, 0.2) is 6.61 Å². The molecular weight excluding hydrogens is 218 g/mol. The molecule has 2 fully saturated rings. The third-order valence-electron chi connectivity index (χ3n) is 3.04. The predicted octanol–water partition coefficient (Wildman–Crippen LogP) is 1.98. The number of ketones is 1. The van der Waals surface area contributed by atoms with Gasteiger partial charge in [0.2, 0.25) is 0 Å². The van der Waals surface area contributed by atoms with Crippen LogP contribution in [-0.4, -0.2) is 35.5 Å². The molecule has 0 aromatic heterocycles. The number of Topliss-reactive ketones (excluding diaryl/α,β-unsaturated/α-hetero) is 1. The van der Waals surface area contributed by atoms with Gasteiger partial charge in [0.25, 0.3) is 0 Å². The van der Waals surface area contributed by atoms with Crippen molar-refractivity contribution in [2.24, 2.45) is 0 Å². The lowest BCUT2D eigenvalue weighted by Gasteiger charge is -2.32. The van der Waals surface area contributed by atoms with Crippen LogP contribution >= 0.6 is 0 Å². The van der Waals surface area contributed by atoms with E-state index in [1.165, 1.54) is 0 Å². The number of nitrogens with zero attached hydrogens (tertiary/aromatic N) is 1. The number of hydrogen-bond acceptors (Lipinski definition) is 3. The summed E-state index contributed by atoms with van der Waals surface area (Å²) < 4.78 is 4.89. The van der Waals surface area contributed by atoms with Gasteiger partial charge in [0.1, 0.15) is 5.78 Å². The Kier molecular flexibility index (Phi) is 5.02. The molecule has 94 valence electrons. The Morgan fingerprint density at radius 3 is 2.41 bits per heavy atom. The van der Waals surface area contributed by atoms with Gasteiger partial charge in [-0.05, 0) is 12.8 Å². The third kappa shape index (κ3) is 3.00. The second-order valence-corrected chi connectivity index (χ2v) is 4.00. The van der Waals surface area contributed by atoms with Crippen molar-refractivity contribution in [2.75, 3.05) is 6.61 Å². The van der Waals surface area contributed by atoms with E-state index >= 15 is 0 Å². The van der Waals surface area contributed by atoms with Crippen LogP contribution in [0.25, 0.3) is 0 Å². The highest BCUT2D eigenvalue weighted by Crippen LogP contribution is 2.34. The Hall–Kier alpha value is -1.50. The average molecular weight is 237 g/mol. The first-order chi connectivity index (χ1) is 8.22. The lowest BCUT2D eigenvalue weighted by Crippen LogP contribution is -2.47. The summed E-state index contributed by atoms with van der Waals surface area (Å²) in [5, 5.41) is 0. The predicted molar refractivity (Wildman–Crippen MR) is 64.4 cm³/mol. The molecule has 2 rings (SSSR count). The molecule has 0 aromatic carbocycles. The van der Waals surface area contributed by atoms with Crippen LogP contribution in [-0.2, 0) is 9.53 Å². The minimum absolute atomic E-state index is 0.00270. The summed E-state index contributed by atoms with van der Waals surface area (Å²) in [6.45, 7) is 4.00. The van der Waals surface area contributed by atoms with Gasteiger partial charge in [-0.25, -0.2) is 4.79 Å². The molecule has 0 N–H and O–H groups in total. The topological polar surface area (TPSA) is 46.6 Å². The maximum absolute atomic E-state index is 11.6. The Morgan fingerprint density at radius 1 is 1.41 bits per heavy atom. The molecule has 0 aromatic rings. The summed E-state index contributed by atoms with van der Waals surface area (Å²) in [6, 6.07) is 0.0862. The normalized spacial score (nSPS) is 25.7. The summed E-state index contributed by atoms with van der Waals surface area (Å²) in [4.78, 5) is 24.6. The van der Waals surface area contributed by atoms with Gasteiger partial charge in [0.05, 0.1) is 0 Å². The molecule has 2 atom stereocenters. The summed E-state index contributed by atoms with van der Waals surface area (Å²) in [6.07, 6.45) is 7.40. The summed E-state index contributed by atoms with van der Waals surface area (Å²) in [5.74, 6) is 2.51. The summed E-state index contributed by atoms with van der Waals surface area (Å²) in [7, 11) is 0. The van der Waals surface area contributed by atoms with Crippen molar-refractivity contribution in [3.05, 3.63) is 0 Å². The van der Waals surface area contributed by atoms with E-state index in [1.807, 2.05) is 13.8 Å². The number of carbonyl (C=O) groups is 2. The van der Waals surface area contributed by atoms with E-state index < -0.39 is 0 Å². The van der Waals surface area contributed by atoms with Gasteiger partial charge in [0, 0.05) is 24.9 Å². The van der Waals surface area contributed by atoms with Crippen molar-refractivity contribution < 1.29 is 14.3 Å². The van der Waals surface area contributed by atoms with Gasteiger partial charge < -0.3 is 9.64 Å². The molecule has 0 spiro atoms. The molecular formula is C13H19NO3. The van der Waals surface area contributed by atoms with Crippen LogP contribution in [0.1, 0.15) is 39.5 Å². The van der Waals surface area contributed by atoms with E-state index in [-0.39, 0.29) is 30.6 Å². The SMILES string of the molecule is C#CCOC(=O)N1C2CCC1CC(=O)C2.CC. The van der Waals surface area contributed by atoms with Crippen molar-refractivity contribution in [1.29, 1.82) is 0 Å². The van der Waals surface area contributed by atoms with Gasteiger partial charge in [-0.1, -0.05) is 19.8 Å². The molecule has 4 heteroatoms. The zero-order chi connectivity index (χ0) is 12.8. The molecule has 0 radical (unpaired) electrons. The Bertz CT molecular complexity index is 316. The maximum Gasteiger partial charge on any atom is 0.411 e. The highest BCUT2D eigenvalue weighted by atomic mass is 16.6. The largest absolute Gasteiger partial charge is 0.436 e. The van der Waals surface area contributed by atoms with Crippen molar-refractivity contribution in [1.82, 2.24) is 4.90 Å². The van der Waals surface area contributed by atoms with Crippen LogP contribution in [0.2, 0.25) is 0 Å². The number of piperidine rings is 1. The molecule has 2 bridgehead atoms. The number of rotatable bonds is 1. The van der Waals surface area contributed by atoms with E-state index in [4.69, 9.17) is 11.2 Å². The second kappa shape index (κ2) is 6.29. The quantitative estimate of drug-likeness (QED) is 0.655. The van der Waals surface area contributed by atoms with E-state index in [2.05, 4.69) is 5.92 Å². The number of fused-ring (bicyclic) bond motifs is 2. The zero-order valence-electron chi connectivity index (χ0n) is 10.4. The fraction of sp³-hybridized carbons (Fsp3) is 0.692. The number of carbonyl (C=O) groups excluding carboxylic acids is 2. The molecule has 2 aliphatic heterocycles. The molecule has 2 unspecified atom stereocenters. The van der Waals surface area contributed by atoms with Gasteiger partial charge in [-0.3, -0.25) is 4.79 Å². The van der Waals surface area contributed by atoms with Crippen molar-refractivity contribution in [2.45, 2.75) is 51.6 Å². The second-order valence-electron chi connectivity index (χ2n) is 4.00. The standard InChI is InChI=1S/C11H13NO3.C2H6/c1-2-5-15-11(14)12-8-3-4-9(12)7-10(13)6-8;1-2/h1,8-9H,3-7H2;1-2H3. The number of hydrogen-bond donors (Lipinski definition) is 0. The first-order valence-corrected chi connectivity index (χ1v) is 6.12. The third-order valence-corrected chi connectivity index (χ3v) is 3.04. The lowest BCUT2D eigenvalue weighted by molar-refractivity contribution is -0.122. The highest BCUT2D eigenvalue weighted by molar-refractivity contribution is 5.83. The molecule has 2 heterocycles. The minimum atomic E-state index is -0.368. The molecule has 4 nitrogen and oxygen atoms in total. The zero-order valence-corrected chi connectivity index (χ0v) is 10.4. The molecule has 0 saturated carbocycles. The molecule has 2 aliphatic rings. The Balaban J connectivity index is 0.000000686. The van der Waals surface area contributed by atoms with Crippen LogP contribution in [0, 0.1) is 12.3 Å². The van der Waals surface area contributed by atoms with Crippen LogP contribution < -0.4 is 0 Å². The van der Waals surface area contributed by atoms with E-state index in [0.717, 1.165) is 12.8 Å². The maximum atomic E-state index is 11.6. The summed E-state index contributed by atoms with van der Waals surface area (Å²) >= 11 is 0. The van der Waals surface area contributed by atoms with Gasteiger partial charge in [-0.15, -0.1) is 6.42 Å². The van der Waals surface area contributed by atoms with E-state index in [1.54, 1.807) is 4.90 Å². The smallest absolute Gasteiger partial charge is 0.411 e. The highest BCUT2D eigenvalue weighted by Gasteiger charge is 2.43. The Morgan fingerprint density at radius 2 is 1.94 bits per heavy atom. The fourth-order valence-corrected chi connectivity index (χ4v) is 2.45. The minimum Gasteiger partial charge on any atom is -0.436 e. The van der Waals surface area contributed by atoms with Crippen molar-refractivity contribution >= 4 is 11.9 Å². The monoisotopic (exact) mass is 237 g/mol. The van der Waals surface area contributed by atoms with Crippen molar-refractivity contribution in [3.63, 3.8) is 0 Å². The molecule has 0 aliphatic carbocycles. The van der Waals surface area contributed by atoms with Gasteiger partial charge >= 0.3 is 6.09 Å². The van der Waals surface area contributed by atoms with Crippen LogP contribution in [0.15, 0.2) is 0 Å². The summed E-state index contributed by atoms with van der Waals surface area (Å²) in [5.41, 5.74) is 0. The van der Waals surface area contributed by atoms with Crippen molar-refractivity contribution in [3.8, 4) is 12.3 Å². The first-order valence-electron chi connectivity index (χ1n) is 6.12. The average Bonchev–Trinajstić information content (AvgIpc) is 2.61. The molecule has 17 heavy (non-hydrogen) atoms. The van der Waals surface area contributed by atoms with Crippen LogP contribution in [0.4, 0.5) is 4.79 Å². The molecule has 1 amide bonds. The van der Waals surface area contributed by atoms with Gasteiger partial charge in [-0.2, -0.15) is 0 Å². The first kappa shape index (κ1) is 13.6. The number of terminal acetylenes is 1. The van der Waals surface area contributed by atoms with Crippen LogP contribution in [0.3, 0.4) is 0 Å². The Labute approximate surface area is 102 Å². The van der Waals surface area contributed by atoms with Crippen LogP contribution in [0.5, 0.6) is 0 Å². The lowest BCUT2D eigenvalue weighted by atomic mass is 10.0. The molecule has 2 saturated heterocycles.